The number of anilines is 1. The maximum Gasteiger partial charge on any atom is 0.416 e. The largest absolute Gasteiger partial charge is 0.416 e. The summed E-state index contributed by atoms with van der Waals surface area (Å²) < 4.78 is 68.0. The van der Waals surface area contributed by atoms with E-state index in [1.165, 1.54) is 10.6 Å². The van der Waals surface area contributed by atoms with Gasteiger partial charge in [-0.1, -0.05) is 12.1 Å². The van der Waals surface area contributed by atoms with Gasteiger partial charge in [0.15, 0.2) is 0 Å². The standard InChI is InChI=1S/C20H12F5N5O/c21-11-5-6-12(14(22)7-11)16-15(9-1-3-10(4-2-9)20(23,24)25)28-19-29-17(26)13(18(27)31)8-30(16)19/h1-8H,(H2,27,31)(H2,26,28,29). The van der Waals surface area contributed by atoms with Crippen molar-refractivity contribution in [1.29, 1.82) is 0 Å². The van der Waals surface area contributed by atoms with Gasteiger partial charge in [0.25, 0.3) is 5.91 Å². The molecule has 0 saturated carbocycles. The van der Waals surface area contributed by atoms with E-state index in [1.54, 1.807) is 0 Å². The number of rotatable bonds is 3. The molecule has 0 aliphatic heterocycles. The third-order valence-electron chi connectivity index (χ3n) is 4.58. The first kappa shape index (κ1) is 20.3. The number of fused-ring (bicyclic) bond motifs is 1. The molecule has 158 valence electrons. The van der Waals surface area contributed by atoms with Gasteiger partial charge in [-0.15, -0.1) is 0 Å². The van der Waals surface area contributed by atoms with E-state index in [1.807, 2.05) is 0 Å². The van der Waals surface area contributed by atoms with Crippen LogP contribution in [0.5, 0.6) is 0 Å². The third kappa shape index (κ3) is 3.54. The van der Waals surface area contributed by atoms with E-state index < -0.39 is 29.3 Å². The predicted octanol–water partition coefficient (Wildman–Crippen LogP) is 4.04. The molecule has 0 fully saturated rings. The molecule has 0 atom stereocenters. The number of alkyl halides is 3. The molecule has 0 unspecified atom stereocenters. The van der Waals surface area contributed by atoms with Crippen LogP contribution in [0, 0.1) is 11.6 Å². The van der Waals surface area contributed by atoms with Crippen LogP contribution in [0.15, 0.2) is 48.7 Å². The summed E-state index contributed by atoms with van der Waals surface area (Å²) in [6.07, 6.45) is -3.35. The van der Waals surface area contributed by atoms with Crippen LogP contribution >= 0.6 is 0 Å². The second-order valence-corrected chi connectivity index (χ2v) is 6.58. The summed E-state index contributed by atoms with van der Waals surface area (Å²) >= 11 is 0. The number of amides is 1. The average molecular weight is 433 g/mol. The molecule has 4 rings (SSSR count). The van der Waals surface area contributed by atoms with Crippen molar-refractivity contribution in [3.05, 3.63) is 71.4 Å². The molecule has 2 aromatic carbocycles. The van der Waals surface area contributed by atoms with E-state index in [9.17, 15) is 26.7 Å². The molecule has 0 spiro atoms. The van der Waals surface area contributed by atoms with Crippen molar-refractivity contribution in [2.24, 2.45) is 5.73 Å². The van der Waals surface area contributed by atoms with E-state index in [0.717, 1.165) is 36.4 Å². The van der Waals surface area contributed by atoms with Gasteiger partial charge < -0.3 is 11.5 Å². The first-order valence-corrected chi connectivity index (χ1v) is 8.67. The van der Waals surface area contributed by atoms with Crippen molar-refractivity contribution in [2.45, 2.75) is 6.18 Å². The maximum atomic E-state index is 14.6. The van der Waals surface area contributed by atoms with E-state index in [0.29, 0.717) is 6.07 Å². The number of carbonyl (C=O) groups excluding carboxylic acids is 1. The third-order valence-corrected chi connectivity index (χ3v) is 4.58. The normalized spacial score (nSPS) is 11.8. The molecule has 0 bridgehead atoms. The number of benzene rings is 2. The highest BCUT2D eigenvalue weighted by Crippen LogP contribution is 2.36. The number of nitrogen functional groups attached to an aromatic ring is 1. The zero-order chi connectivity index (χ0) is 22.5. The molecule has 31 heavy (non-hydrogen) atoms. The summed E-state index contributed by atoms with van der Waals surface area (Å²) in [4.78, 5) is 19.9. The average Bonchev–Trinajstić information content (AvgIpc) is 3.04. The summed E-state index contributed by atoms with van der Waals surface area (Å²) in [5.41, 5.74) is 10.1. The van der Waals surface area contributed by atoms with Crippen molar-refractivity contribution in [2.75, 3.05) is 5.73 Å². The van der Waals surface area contributed by atoms with Crippen LogP contribution in [0.25, 0.3) is 28.3 Å². The number of imidazole rings is 1. The van der Waals surface area contributed by atoms with Gasteiger partial charge in [-0.25, -0.2) is 13.8 Å². The van der Waals surface area contributed by atoms with E-state index >= 15 is 0 Å². The second kappa shape index (κ2) is 7.04. The van der Waals surface area contributed by atoms with Crippen LogP contribution in [0.4, 0.5) is 27.8 Å². The minimum absolute atomic E-state index is 0.0299. The first-order valence-electron chi connectivity index (χ1n) is 8.67. The van der Waals surface area contributed by atoms with Crippen LogP contribution in [0.2, 0.25) is 0 Å². The zero-order valence-corrected chi connectivity index (χ0v) is 15.4. The number of carbonyl (C=O) groups is 1. The molecule has 4 N–H and O–H groups in total. The molecule has 0 aliphatic rings. The lowest BCUT2D eigenvalue weighted by Crippen LogP contribution is -2.16. The van der Waals surface area contributed by atoms with E-state index in [4.69, 9.17) is 11.5 Å². The Morgan fingerprint density at radius 2 is 1.68 bits per heavy atom. The van der Waals surface area contributed by atoms with Crippen molar-refractivity contribution >= 4 is 17.5 Å². The highest BCUT2D eigenvalue weighted by atomic mass is 19.4. The van der Waals surface area contributed by atoms with Gasteiger partial charge in [-0.3, -0.25) is 9.20 Å². The Morgan fingerprint density at radius 3 is 2.26 bits per heavy atom. The molecule has 0 radical (unpaired) electrons. The number of aromatic nitrogens is 3. The summed E-state index contributed by atoms with van der Waals surface area (Å²) in [5, 5.41) is 0. The lowest BCUT2D eigenvalue weighted by atomic mass is 10.0. The van der Waals surface area contributed by atoms with Crippen LogP contribution in [0.1, 0.15) is 15.9 Å². The minimum Gasteiger partial charge on any atom is -0.383 e. The zero-order valence-electron chi connectivity index (χ0n) is 15.4. The Balaban J connectivity index is 2.03. The minimum atomic E-state index is -4.55. The van der Waals surface area contributed by atoms with Crippen molar-refractivity contribution in [1.82, 2.24) is 14.4 Å². The molecule has 1 amide bonds. The van der Waals surface area contributed by atoms with Gasteiger partial charge in [0, 0.05) is 23.4 Å². The Kier molecular flexibility index (Phi) is 4.60. The van der Waals surface area contributed by atoms with Gasteiger partial charge in [0.05, 0.1) is 22.5 Å². The van der Waals surface area contributed by atoms with Crippen LogP contribution < -0.4 is 11.5 Å². The van der Waals surface area contributed by atoms with Crippen LogP contribution in [-0.2, 0) is 6.18 Å². The van der Waals surface area contributed by atoms with Gasteiger partial charge in [0.1, 0.15) is 17.5 Å². The number of nitrogens with zero attached hydrogens (tertiary/aromatic N) is 3. The molecule has 0 saturated heterocycles. The maximum absolute atomic E-state index is 14.6. The molecule has 2 aromatic heterocycles. The van der Waals surface area contributed by atoms with Crippen molar-refractivity contribution in [3.63, 3.8) is 0 Å². The van der Waals surface area contributed by atoms with E-state index in [-0.39, 0.29) is 39.7 Å². The van der Waals surface area contributed by atoms with E-state index in [2.05, 4.69) is 9.97 Å². The fourth-order valence-electron chi connectivity index (χ4n) is 3.13. The number of primary amides is 1. The molecular formula is C20H12F5N5O. The lowest BCUT2D eigenvalue weighted by Gasteiger charge is -2.10. The molecule has 0 aliphatic carbocycles. The van der Waals surface area contributed by atoms with Crippen LogP contribution in [-0.4, -0.2) is 20.3 Å². The van der Waals surface area contributed by atoms with Crippen molar-refractivity contribution in [3.8, 4) is 22.5 Å². The van der Waals surface area contributed by atoms with Gasteiger partial charge in [-0.05, 0) is 24.3 Å². The van der Waals surface area contributed by atoms with Crippen molar-refractivity contribution < 1.29 is 26.7 Å². The highest BCUT2D eigenvalue weighted by Gasteiger charge is 2.30. The van der Waals surface area contributed by atoms with Gasteiger partial charge in [0.2, 0.25) is 5.78 Å². The number of hydrogen-bond acceptors (Lipinski definition) is 4. The highest BCUT2D eigenvalue weighted by molar-refractivity contribution is 5.97. The fraction of sp³-hybridized carbons (Fsp3) is 0.0500. The summed E-state index contributed by atoms with van der Waals surface area (Å²) in [6, 6.07) is 6.81. The topological polar surface area (TPSA) is 99.3 Å². The molecule has 6 nitrogen and oxygen atoms in total. The quantitative estimate of drug-likeness (QED) is 0.477. The van der Waals surface area contributed by atoms with Crippen LogP contribution in [0.3, 0.4) is 0 Å². The SMILES string of the molecule is NC(=O)c1cn2c(-c3ccc(F)cc3F)c(-c3ccc(C(F)(F)F)cc3)nc2nc1N. The summed E-state index contributed by atoms with van der Waals surface area (Å²) in [6.45, 7) is 0. The predicted molar refractivity (Wildman–Crippen MR) is 102 cm³/mol. The number of hydrogen-bond donors (Lipinski definition) is 2. The molecule has 11 heteroatoms. The molecule has 2 heterocycles. The Morgan fingerprint density at radius 1 is 1.00 bits per heavy atom. The lowest BCUT2D eigenvalue weighted by molar-refractivity contribution is -0.137. The first-order chi connectivity index (χ1) is 14.6. The molecular weight excluding hydrogens is 421 g/mol. The molecule has 4 aromatic rings. The number of halogens is 5. The second-order valence-electron chi connectivity index (χ2n) is 6.58. The smallest absolute Gasteiger partial charge is 0.383 e. The summed E-state index contributed by atoms with van der Waals surface area (Å²) in [5.74, 6) is -2.97. The monoisotopic (exact) mass is 433 g/mol. The Labute approximate surface area is 171 Å². The summed E-state index contributed by atoms with van der Waals surface area (Å²) in [7, 11) is 0. The Bertz CT molecular complexity index is 1330. The van der Waals surface area contributed by atoms with Gasteiger partial charge in [-0.2, -0.15) is 18.2 Å². The fourth-order valence-corrected chi connectivity index (χ4v) is 3.13. The Hall–Kier alpha value is -4.02. The number of nitrogens with two attached hydrogens (primary N) is 2. The van der Waals surface area contributed by atoms with Gasteiger partial charge >= 0.3 is 6.18 Å².